The van der Waals surface area contributed by atoms with Crippen LogP contribution in [-0.2, 0) is 11.3 Å². The van der Waals surface area contributed by atoms with Gasteiger partial charge in [0.25, 0.3) is 5.56 Å². The van der Waals surface area contributed by atoms with Crippen LogP contribution in [0.4, 0.5) is 0 Å². The fraction of sp³-hybridized carbons (Fsp3) is 0.591. The normalized spacial score (nSPS) is 20.1. The van der Waals surface area contributed by atoms with Gasteiger partial charge in [0.05, 0.1) is 16.7 Å². The van der Waals surface area contributed by atoms with E-state index in [1.165, 1.54) is 18.2 Å². The Morgan fingerprint density at radius 1 is 1.21 bits per heavy atom. The molecule has 0 aliphatic carbocycles. The van der Waals surface area contributed by atoms with E-state index in [1.807, 2.05) is 29.2 Å². The van der Waals surface area contributed by atoms with Crippen molar-refractivity contribution in [3.05, 3.63) is 34.6 Å². The van der Waals surface area contributed by atoms with E-state index in [-0.39, 0.29) is 23.6 Å². The van der Waals surface area contributed by atoms with Crippen LogP contribution in [0.5, 0.6) is 0 Å². The lowest BCUT2D eigenvalue weighted by atomic mass is 9.98. The van der Waals surface area contributed by atoms with Crippen molar-refractivity contribution < 1.29 is 4.79 Å². The number of hydrogen-bond donors (Lipinski definition) is 0. The Morgan fingerprint density at radius 2 is 1.89 bits per heavy atom. The van der Waals surface area contributed by atoms with Gasteiger partial charge in [0.2, 0.25) is 5.91 Å². The highest BCUT2D eigenvalue weighted by atomic mass is 32.2. The van der Waals surface area contributed by atoms with Crippen molar-refractivity contribution in [1.82, 2.24) is 14.5 Å². The minimum Gasteiger partial charge on any atom is -0.337 e. The molecule has 2 heterocycles. The van der Waals surface area contributed by atoms with Crippen LogP contribution in [0.15, 0.2) is 34.2 Å². The van der Waals surface area contributed by atoms with Gasteiger partial charge >= 0.3 is 0 Å². The number of carbonyl (C=O) groups is 1. The first kappa shape index (κ1) is 20.9. The van der Waals surface area contributed by atoms with Crippen LogP contribution in [0.2, 0.25) is 0 Å². The third-order valence-corrected chi connectivity index (χ3v) is 6.52. The summed E-state index contributed by atoms with van der Waals surface area (Å²) in [5.41, 5.74) is 0.684. The number of carbonyl (C=O) groups excluding carboxylic acids is 1. The van der Waals surface area contributed by atoms with E-state index in [2.05, 4.69) is 27.7 Å². The topological polar surface area (TPSA) is 55.2 Å². The number of amides is 1. The maximum atomic E-state index is 13.0. The summed E-state index contributed by atoms with van der Waals surface area (Å²) in [7, 11) is 0. The lowest BCUT2D eigenvalue weighted by Crippen LogP contribution is -2.48. The van der Waals surface area contributed by atoms with Gasteiger partial charge in [-0.05, 0) is 57.6 Å². The summed E-state index contributed by atoms with van der Waals surface area (Å²) in [5.74, 6) is 0.955. The van der Waals surface area contributed by atoms with E-state index < -0.39 is 0 Å². The Labute approximate surface area is 171 Å². The van der Waals surface area contributed by atoms with Gasteiger partial charge < -0.3 is 4.90 Å². The molecule has 28 heavy (non-hydrogen) atoms. The average molecular weight is 402 g/mol. The largest absolute Gasteiger partial charge is 0.337 e. The Kier molecular flexibility index (Phi) is 6.81. The number of thioether (sulfide) groups is 1. The van der Waals surface area contributed by atoms with Crippen LogP contribution in [0.1, 0.15) is 53.4 Å². The average Bonchev–Trinajstić information content (AvgIpc) is 2.65. The van der Waals surface area contributed by atoms with E-state index in [9.17, 15) is 9.59 Å². The number of nitrogens with zero attached hydrogens (tertiary/aromatic N) is 3. The first-order valence-corrected chi connectivity index (χ1v) is 11.3. The van der Waals surface area contributed by atoms with Gasteiger partial charge in [0, 0.05) is 18.6 Å². The molecule has 2 aromatic rings. The van der Waals surface area contributed by atoms with Crippen LogP contribution >= 0.6 is 11.8 Å². The number of rotatable bonds is 6. The van der Waals surface area contributed by atoms with E-state index in [0.717, 1.165) is 19.3 Å². The van der Waals surface area contributed by atoms with Gasteiger partial charge in [-0.2, -0.15) is 0 Å². The lowest BCUT2D eigenvalue weighted by molar-refractivity contribution is -0.134. The summed E-state index contributed by atoms with van der Waals surface area (Å²) in [6.07, 6.45) is 4.21. The fourth-order valence-electron chi connectivity index (χ4n) is 3.96. The summed E-state index contributed by atoms with van der Waals surface area (Å²) in [6, 6.07) is 8.02. The van der Waals surface area contributed by atoms with Crippen molar-refractivity contribution >= 4 is 28.6 Å². The Balaban J connectivity index is 1.85. The third-order valence-electron chi connectivity index (χ3n) is 5.56. The van der Waals surface area contributed by atoms with Crippen LogP contribution in [-0.4, -0.2) is 38.2 Å². The first-order valence-electron chi connectivity index (χ1n) is 10.3. The lowest BCUT2D eigenvalue weighted by Gasteiger charge is -2.39. The predicted molar refractivity (Wildman–Crippen MR) is 116 cm³/mol. The number of likely N-dealkylation sites (tertiary alicyclic amines) is 1. The molecule has 0 bridgehead atoms. The van der Waals surface area contributed by atoms with Crippen molar-refractivity contribution in [1.29, 1.82) is 0 Å². The van der Waals surface area contributed by atoms with E-state index in [0.29, 0.717) is 34.3 Å². The highest BCUT2D eigenvalue weighted by Gasteiger charge is 2.29. The number of hydrogen-bond acceptors (Lipinski definition) is 4. The fourth-order valence-corrected chi connectivity index (χ4v) is 4.85. The molecule has 1 aromatic heterocycles. The number of para-hydroxylation sites is 1. The van der Waals surface area contributed by atoms with Gasteiger partial charge in [-0.3, -0.25) is 14.2 Å². The van der Waals surface area contributed by atoms with E-state index in [1.54, 1.807) is 4.57 Å². The molecule has 3 rings (SSSR count). The Bertz CT molecular complexity index is 883. The molecule has 1 saturated heterocycles. The number of aromatic nitrogens is 2. The van der Waals surface area contributed by atoms with Crippen molar-refractivity contribution in [3.63, 3.8) is 0 Å². The molecule has 0 N–H and O–H groups in total. The Hall–Kier alpha value is -1.82. The molecule has 0 spiro atoms. The highest BCUT2D eigenvalue weighted by Crippen LogP contribution is 2.25. The summed E-state index contributed by atoms with van der Waals surface area (Å²) in [4.78, 5) is 32.7. The summed E-state index contributed by atoms with van der Waals surface area (Å²) in [5, 5.41) is 1.29. The monoisotopic (exact) mass is 401 g/mol. The summed E-state index contributed by atoms with van der Waals surface area (Å²) < 4.78 is 1.75. The molecule has 2 atom stereocenters. The molecule has 1 aliphatic heterocycles. The van der Waals surface area contributed by atoms with Crippen molar-refractivity contribution in [3.8, 4) is 0 Å². The smallest absolute Gasteiger partial charge is 0.262 e. The maximum Gasteiger partial charge on any atom is 0.262 e. The second-order valence-corrected chi connectivity index (χ2v) is 9.21. The number of piperidine rings is 1. The second-order valence-electron chi connectivity index (χ2n) is 8.27. The van der Waals surface area contributed by atoms with Crippen molar-refractivity contribution in [2.24, 2.45) is 5.92 Å². The molecule has 152 valence electrons. The molecule has 1 fully saturated rings. The highest BCUT2D eigenvalue weighted by molar-refractivity contribution is 7.99. The minimum absolute atomic E-state index is 0.0130. The molecule has 6 heteroatoms. The molecule has 0 radical (unpaired) electrons. The van der Waals surface area contributed by atoms with Crippen LogP contribution < -0.4 is 5.56 Å². The Morgan fingerprint density at radius 3 is 2.57 bits per heavy atom. The molecule has 0 saturated carbocycles. The van der Waals surface area contributed by atoms with E-state index in [4.69, 9.17) is 4.98 Å². The minimum atomic E-state index is -0.0130. The molecular formula is C22H31N3O2S. The predicted octanol–water partition coefficient (Wildman–Crippen LogP) is 4.32. The molecular weight excluding hydrogens is 370 g/mol. The van der Waals surface area contributed by atoms with Gasteiger partial charge in [-0.1, -0.05) is 37.7 Å². The summed E-state index contributed by atoms with van der Waals surface area (Å²) >= 11 is 1.39. The molecule has 2 unspecified atom stereocenters. The van der Waals surface area contributed by atoms with Gasteiger partial charge in [0.15, 0.2) is 5.16 Å². The maximum absolute atomic E-state index is 13.0. The second kappa shape index (κ2) is 9.12. The van der Waals surface area contributed by atoms with E-state index >= 15 is 0 Å². The third kappa shape index (κ3) is 4.59. The summed E-state index contributed by atoms with van der Waals surface area (Å²) in [6.45, 7) is 9.18. The zero-order valence-corrected chi connectivity index (χ0v) is 18.2. The van der Waals surface area contributed by atoms with Gasteiger partial charge in [-0.25, -0.2) is 4.98 Å². The zero-order valence-electron chi connectivity index (χ0n) is 17.4. The van der Waals surface area contributed by atoms with Crippen LogP contribution in [0.25, 0.3) is 10.9 Å². The number of fused-ring (bicyclic) bond motifs is 1. The molecule has 5 nitrogen and oxygen atoms in total. The van der Waals surface area contributed by atoms with Gasteiger partial charge in [0.1, 0.15) is 0 Å². The quantitative estimate of drug-likeness (QED) is 0.534. The van der Waals surface area contributed by atoms with Crippen LogP contribution in [0, 0.1) is 5.92 Å². The molecule has 1 aliphatic rings. The first-order chi connectivity index (χ1) is 13.4. The van der Waals surface area contributed by atoms with Gasteiger partial charge in [-0.15, -0.1) is 0 Å². The number of benzene rings is 1. The molecule has 1 aromatic carbocycles. The SMILES string of the molecule is CC(C)CCn1c(SCC(=O)N2C(C)CCCC2C)nc2ccccc2c1=O. The van der Waals surface area contributed by atoms with Crippen LogP contribution in [0.3, 0.4) is 0 Å². The molecule has 1 amide bonds. The van der Waals surface area contributed by atoms with Crippen molar-refractivity contribution in [2.45, 2.75) is 77.2 Å². The zero-order chi connectivity index (χ0) is 20.3. The van der Waals surface area contributed by atoms with Crippen molar-refractivity contribution in [2.75, 3.05) is 5.75 Å². The standard InChI is InChI=1S/C22H31N3O2S/c1-15(2)12-13-24-21(27)18-10-5-6-11-19(18)23-22(24)28-14-20(26)25-16(3)8-7-9-17(25)4/h5-6,10-11,15-17H,7-9,12-14H2,1-4H3.